The van der Waals surface area contributed by atoms with Crippen LogP contribution in [0.25, 0.3) is 6.08 Å². The zero-order valence-corrected chi connectivity index (χ0v) is 30.1. The maximum absolute atomic E-state index is 12.4. The summed E-state index contributed by atoms with van der Waals surface area (Å²) in [5.74, 6) is 0. The largest absolute Gasteiger partial charge is 1.00 e. The third kappa shape index (κ3) is 10.0. The molecule has 2 N–H and O–H groups in total. The number of nitrogens with zero attached hydrogens (tertiary/aromatic N) is 4. The van der Waals surface area contributed by atoms with Gasteiger partial charge in [0.15, 0.2) is 0 Å². The average molecular weight is 653 g/mol. The third-order valence-corrected chi connectivity index (χ3v) is 8.18. The fourth-order valence-electron chi connectivity index (χ4n) is 4.01. The van der Waals surface area contributed by atoms with E-state index < -0.39 is 42.1 Å². The van der Waals surface area contributed by atoms with Gasteiger partial charge in [-0.05, 0) is 60.4 Å². The van der Waals surface area contributed by atoms with E-state index in [4.69, 9.17) is 0 Å². The Hall–Kier alpha value is -2.50. The van der Waals surface area contributed by atoms with Crippen LogP contribution < -0.4 is 70.0 Å². The average Bonchev–Trinajstić information content (AvgIpc) is 2.94. The number of hydrogen-bond donors (Lipinski definition) is 2. The van der Waals surface area contributed by atoms with Crippen LogP contribution in [-0.4, -0.2) is 31.6 Å². The number of rotatable bonds is 10. The maximum atomic E-state index is 12.4. The van der Waals surface area contributed by atoms with Gasteiger partial charge in [-0.3, -0.25) is 10.9 Å². The second kappa shape index (κ2) is 16.2. The molecule has 0 atom stereocenters. The molecule has 0 aromatic heterocycles. The zero-order valence-electron chi connectivity index (χ0n) is 24.5. The molecule has 4 rings (SSSR count). The Morgan fingerprint density at radius 2 is 1.23 bits per heavy atom. The van der Waals surface area contributed by atoms with Crippen molar-refractivity contribution in [2.75, 3.05) is 10.9 Å². The number of para-hydroxylation sites is 2. The first-order chi connectivity index (χ1) is 19.9. The van der Waals surface area contributed by atoms with Crippen molar-refractivity contribution >= 4 is 37.7 Å². The Morgan fingerprint density at radius 3 is 1.73 bits per heavy atom. The van der Waals surface area contributed by atoms with Crippen LogP contribution in [0.4, 0.5) is 11.4 Å². The fraction of sp³-hybridized carbons (Fsp3) is 0.143. The third-order valence-electron chi connectivity index (χ3n) is 6.28. The van der Waals surface area contributed by atoms with Gasteiger partial charge in [0.25, 0.3) is 0 Å². The van der Waals surface area contributed by atoms with Crippen molar-refractivity contribution in [1.82, 2.24) is 0 Å². The summed E-state index contributed by atoms with van der Waals surface area (Å²) in [6, 6.07) is 20.0. The van der Waals surface area contributed by atoms with Crippen LogP contribution in [-0.2, 0) is 20.2 Å². The molecule has 0 radical (unpaired) electrons. The van der Waals surface area contributed by atoms with Gasteiger partial charge in [0, 0.05) is 11.3 Å². The first-order valence-electron chi connectivity index (χ1n) is 12.5. The van der Waals surface area contributed by atoms with E-state index in [1.807, 2.05) is 38.1 Å². The number of nitrogens with one attached hydrogen (secondary N) is 2. The van der Waals surface area contributed by atoms with Crippen LogP contribution in [0.1, 0.15) is 23.1 Å². The van der Waals surface area contributed by atoms with E-state index in [1.54, 1.807) is 24.3 Å². The van der Waals surface area contributed by atoms with E-state index in [2.05, 4.69) is 31.5 Å². The molecule has 0 fully saturated rings. The number of aryl methyl sites for hydroxylation is 2. The Morgan fingerprint density at radius 1 is 0.727 bits per heavy atom. The molecule has 0 heterocycles. The molecule has 0 aliphatic heterocycles. The van der Waals surface area contributed by atoms with Crippen LogP contribution in [0.2, 0.25) is 0 Å². The van der Waals surface area contributed by atoms with Crippen molar-refractivity contribution in [2.24, 2.45) is 20.7 Å². The minimum Gasteiger partial charge on any atom is -0.744 e. The van der Waals surface area contributed by atoms with Crippen molar-refractivity contribution in [1.29, 1.82) is 0 Å². The summed E-state index contributed by atoms with van der Waals surface area (Å²) in [6.07, 6.45) is 4.67. The second-order valence-electron chi connectivity index (χ2n) is 9.30. The molecule has 0 saturated carbocycles. The number of benzene rings is 3. The summed E-state index contributed by atoms with van der Waals surface area (Å²) in [5.41, 5.74) is 6.89. The van der Waals surface area contributed by atoms with Gasteiger partial charge in [-0.1, -0.05) is 83.3 Å². The molecule has 0 saturated heterocycles. The molecule has 1 aliphatic rings. The summed E-state index contributed by atoms with van der Waals surface area (Å²) in [6.45, 7) is 3.72. The molecule has 0 spiro atoms. The maximum Gasteiger partial charge on any atom is 1.00 e. The number of anilines is 2. The van der Waals surface area contributed by atoms with Gasteiger partial charge in [-0.15, -0.1) is 10.2 Å². The molecular weight excluding hydrogens is 626 g/mol. The van der Waals surface area contributed by atoms with Crippen molar-refractivity contribution in [2.45, 2.75) is 30.8 Å². The van der Waals surface area contributed by atoms with E-state index in [0.29, 0.717) is 11.4 Å². The molecule has 44 heavy (non-hydrogen) atoms. The van der Waals surface area contributed by atoms with Crippen LogP contribution in [0.15, 0.2) is 127 Å². The Kier molecular flexibility index (Phi) is 13.9. The molecular formula is C28H26N6Na2O6S2. The summed E-state index contributed by atoms with van der Waals surface area (Å²) < 4.78 is 72.1. The molecule has 1 aliphatic carbocycles. The first kappa shape index (κ1) is 37.7. The quantitative estimate of drug-likeness (QED) is 0.129. The fourth-order valence-corrected chi connectivity index (χ4v) is 5.49. The molecule has 0 bridgehead atoms. The zero-order chi connectivity index (χ0) is 30.4. The smallest absolute Gasteiger partial charge is 0.744 e. The second-order valence-corrected chi connectivity index (χ2v) is 12.0. The van der Waals surface area contributed by atoms with Crippen LogP contribution >= 0.6 is 0 Å². The van der Waals surface area contributed by atoms with Crippen molar-refractivity contribution in [3.8, 4) is 0 Å². The van der Waals surface area contributed by atoms with E-state index in [0.717, 1.165) is 17.2 Å². The van der Waals surface area contributed by atoms with E-state index in [1.165, 1.54) is 42.5 Å². The van der Waals surface area contributed by atoms with Crippen molar-refractivity contribution in [3.05, 3.63) is 118 Å². The SMILES string of the molecule is Cc1ccccc1NN=NC1(N=NNc2ccccc2C)C=CC(C=Cc2ccccc2S(=O)(=O)[O-])=C(S(=O)(=O)[O-])C1.[Na+].[Na+]. The van der Waals surface area contributed by atoms with Crippen LogP contribution in [0.5, 0.6) is 0 Å². The van der Waals surface area contributed by atoms with Gasteiger partial charge in [-0.25, -0.2) is 16.8 Å². The van der Waals surface area contributed by atoms with E-state index in [-0.39, 0.29) is 70.3 Å². The molecule has 218 valence electrons. The Bertz CT molecular complexity index is 1800. The number of allylic oxidation sites excluding steroid dienone is 3. The normalized spacial score (nSPS) is 17.1. The molecule has 16 heteroatoms. The van der Waals surface area contributed by atoms with Gasteiger partial charge < -0.3 is 9.11 Å². The monoisotopic (exact) mass is 652 g/mol. The summed E-state index contributed by atoms with van der Waals surface area (Å²) >= 11 is 0. The van der Waals surface area contributed by atoms with Gasteiger partial charge in [0.1, 0.15) is 20.2 Å². The standard InChI is InChI=1S/C28H28N6O6S2.2Na/c1-20-9-3-6-12-24(20)29-33-31-28(32-34-30-25-13-7-4-10-21(25)2)18-17-23(27(19-28)42(38,39)40)16-15-22-11-5-8-14-26(22)41(35,36)37;;/h3-18H,19H2,1-2H3,(H,29,31)(H,30,32)(H,35,36,37)(H,38,39,40);;/q;2*+1/p-2. The number of hydrogen-bond acceptors (Lipinski definition) is 10. The molecule has 3 aromatic carbocycles. The van der Waals surface area contributed by atoms with Crippen molar-refractivity contribution in [3.63, 3.8) is 0 Å². The van der Waals surface area contributed by atoms with Crippen molar-refractivity contribution < 1.29 is 85.1 Å². The molecule has 0 unspecified atom stereocenters. The van der Waals surface area contributed by atoms with Gasteiger partial charge >= 0.3 is 59.1 Å². The van der Waals surface area contributed by atoms with Crippen LogP contribution in [0, 0.1) is 13.8 Å². The molecule has 3 aromatic rings. The minimum absolute atomic E-state index is 0. The van der Waals surface area contributed by atoms with Crippen LogP contribution in [0.3, 0.4) is 0 Å². The molecule has 0 amide bonds. The summed E-state index contributed by atoms with van der Waals surface area (Å²) in [5, 5.41) is 16.5. The predicted molar refractivity (Wildman–Crippen MR) is 156 cm³/mol. The van der Waals surface area contributed by atoms with Gasteiger partial charge in [0.05, 0.1) is 16.3 Å². The molecule has 12 nitrogen and oxygen atoms in total. The minimum atomic E-state index is -5.05. The predicted octanol–water partition coefficient (Wildman–Crippen LogP) is -0.357. The van der Waals surface area contributed by atoms with Gasteiger partial charge in [-0.2, -0.15) is 0 Å². The van der Waals surface area contributed by atoms with E-state index >= 15 is 0 Å². The Balaban J connectivity index is 0.00000337. The summed E-state index contributed by atoms with van der Waals surface area (Å²) in [7, 11) is -9.86. The Labute approximate surface area is 300 Å². The van der Waals surface area contributed by atoms with E-state index in [9.17, 15) is 25.9 Å². The topological polar surface area (TPSA) is 188 Å². The first-order valence-corrected chi connectivity index (χ1v) is 15.3. The van der Waals surface area contributed by atoms with Gasteiger partial charge in [0.2, 0.25) is 5.66 Å². The summed E-state index contributed by atoms with van der Waals surface area (Å²) in [4.78, 5) is -1.07.